The minimum atomic E-state index is -0.215. The molecule has 0 aromatic heterocycles. The van der Waals surface area contributed by atoms with Gasteiger partial charge >= 0.3 is 0 Å². The van der Waals surface area contributed by atoms with Crippen molar-refractivity contribution < 1.29 is 4.79 Å². The molecule has 0 spiro atoms. The summed E-state index contributed by atoms with van der Waals surface area (Å²) in [6.45, 7) is 0.730. The van der Waals surface area contributed by atoms with E-state index in [2.05, 4.69) is 26.6 Å². The molecule has 136 valence electrons. The molecule has 0 saturated heterocycles. The summed E-state index contributed by atoms with van der Waals surface area (Å²) in [6.07, 6.45) is 3.28. The Balaban J connectivity index is 1.54. The average Bonchev–Trinajstić information content (AvgIpc) is 2.67. The van der Waals surface area contributed by atoms with Crippen LogP contribution in [0.5, 0.6) is 0 Å². The van der Waals surface area contributed by atoms with E-state index in [4.69, 9.17) is 5.73 Å². The number of halogens is 1. The monoisotopic (exact) mass is 421 g/mol. The van der Waals surface area contributed by atoms with Crippen molar-refractivity contribution in [3.05, 3.63) is 94.5 Å². The van der Waals surface area contributed by atoms with Gasteiger partial charge in [0.2, 0.25) is 5.91 Å². The SMILES string of the molecule is Nc1ccccc1NC(=O)C=Cc1ccc(CNc2cccc(Br)c2)cc1. The van der Waals surface area contributed by atoms with Crippen LogP contribution in [0.25, 0.3) is 6.08 Å². The number of nitrogens with one attached hydrogen (secondary N) is 2. The van der Waals surface area contributed by atoms with E-state index < -0.39 is 0 Å². The zero-order valence-electron chi connectivity index (χ0n) is 14.7. The van der Waals surface area contributed by atoms with Crippen molar-refractivity contribution in [3.8, 4) is 0 Å². The number of benzene rings is 3. The standard InChI is InChI=1S/C22H20BrN3O/c23-18-4-3-5-19(14-18)25-15-17-10-8-16(9-11-17)12-13-22(27)26-21-7-2-1-6-20(21)24/h1-14,25H,15,24H2,(H,26,27). The number of nitrogen functional groups attached to an aromatic ring is 1. The third kappa shape index (κ3) is 5.72. The van der Waals surface area contributed by atoms with Crippen molar-refractivity contribution >= 4 is 45.0 Å². The lowest BCUT2D eigenvalue weighted by Crippen LogP contribution is -2.09. The molecule has 0 saturated carbocycles. The van der Waals surface area contributed by atoms with E-state index in [1.807, 2.05) is 60.7 Å². The molecular formula is C22H20BrN3O. The molecule has 0 aliphatic heterocycles. The van der Waals surface area contributed by atoms with Crippen LogP contribution in [0.1, 0.15) is 11.1 Å². The van der Waals surface area contributed by atoms with Gasteiger partial charge in [0.05, 0.1) is 11.4 Å². The topological polar surface area (TPSA) is 67.1 Å². The van der Waals surface area contributed by atoms with Gasteiger partial charge in [-0.1, -0.05) is 58.4 Å². The Labute approximate surface area is 167 Å². The predicted molar refractivity (Wildman–Crippen MR) is 116 cm³/mol. The number of nitrogens with two attached hydrogens (primary N) is 1. The Morgan fingerprint density at radius 3 is 2.52 bits per heavy atom. The van der Waals surface area contributed by atoms with E-state index in [1.165, 1.54) is 6.08 Å². The van der Waals surface area contributed by atoms with Gasteiger partial charge in [0, 0.05) is 22.8 Å². The summed E-state index contributed by atoms with van der Waals surface area (Å²) in [5.41, 5.74) is 10.2. The van der Waals surface area contributed by atoms with Crippen molar-refractivity contribution in [3.63, 3.8) is 0 Å². The van der Waals surface area contributed by atoms with Gasteiger partial charge in [0.25, 0.3) is 0 Å². The zero-order valence-corrected chi connectivity index (χ0v) is 16.2. The summed E-state index contributed by atoms with van der Waals surface area (Å²) in [7, 11) is 0. The van der Waals surface area contributed by atoms with E-state index in [-0.39, 0.29) is 5.91 Å². The first-order chi connectivity index (χ1) is 13.1. The molecule has 0 atom stereocenters. The first kappa shape index (κ1) is 18.7. The number of hydrogen-bond acceptors (Lipinski definition) is 3. The maximum Gasteiger partial charge on any atom is 0.248 e. The Morgan fingerprint density at radius 1 is 1.00 bits per heavy atom. The number of hydrogen-bond donors (Lipinski definition) is 3. The van der Waals surface area contributed by atoms with Gasteiger partial charge in [-0.05, 0) is 47.5 Å². The third-order valence-electron chi connectivity index (χ3n) is 3.95. The molecule has 3 aromatic carbocycles. The first-order valence-electron chi connectivity index (χ1n) is 8.52. The fourth-order valence-electron chi connectivity index (χ4n) is 2.51. The highest BCUT2D eigenvalue weighted by molar-refractivity contribution is 9.10. The Kier molecular flexibility index (Phi) is 6.28. The van der Waals surface area contributed by atoms with Crippen molar-refractivity contribution in [1.29, 1.82) is 0 Å². The van der Waals surface area contributed by atoms with Gasteiger partial charge in [-0.2, -0.15) is 0 Å². The zero-order chi connectivity index (χ0) is 19.1. The summed E-state index contributed by atoms with van der Waals surface area (Å²) in [5, 5.41) is 6.15. The van der Waals surface area contributed by atoms with Crippen LogP contribution in [-0.4, -0.2) is 5.91 Å². The second-order valence-corrected chi connectivity index (χ2v) is 6.93. The van der Waals surface area contributed by atoms with E-state index >= 15 is 0 Å². The molecule has 0 fully saturated rings. The highest BCUT2D eigenvalue weighted by Gasteiger charge is 2.01. The number of amides is 1. The van der Waals surface area contributed by atoms with Crippen LogP contribution in [0.15, 0.2) is 83.3 Å². The van der Waals surface area contributed by atoms with Gasteiger partial charge in [-0.25, -0.2) is 0 Å². The molecule has 0 unspecified atom stereocenters. The summed E-state index contributed by atoms with van der Waals surface area (Å²) in [4.78, 5) is 12.0. The van der Waals surface area contributed by atoms with Crippen molar-refractivity contribution in [2.45, 2.75) is 6.54 Å². The molecule has 27 heavy (non-hydrogen) atoms. The predicted octanol–water partition coefficient (Wildman–Crippen LogP) is 5.30. The molecule has 0 aliphatic carbocycles. The lowest BCUT2D eigenvalue weighted by atomic mass is 10.1. The minimum absolute atomic E-state index is 0.215. The van der Waals surface area contributed by atoms with Crippen LogP contribution in [0.3, 0.4) is 0 Å². The molecule has 0 heterocycles. The summed E-state index contributed by atoms with van der Waals surface area (Å²) >= 11 is 3.46. The lowest BCUT2D eigenvalue weighted by Gasteiger charge is -2.07. The molecule has 0 aliphatic rings. The number of carbonyl (C=O) groups excluding carboxylic acids is 1. The summed E-state index contributed by atoms with van der Waals surface area (Å²) in [5.74, 6) is -0.215. The number of para-hydroxylation sites is 2. The number of anilines is 3. The molecule has 4 nitrogen and oxygen atoms in total. The second kappa shape index (κ2) is 9.05. The highest BCUT2D eigenvalue weighted by Crippen LogP contribution is 2.18. The number of carbonyl (C=O) groups is 1. The van der Waals surface area contributed by atoms with Crippen molar-refractivity contribution in [2.75, 3.05) is 16.4 Å². The number of rotatable bonds is 6. The molecule has 3 rings (SSSR count). The molecule has 3 aromatic rings. The quantitative estimate of drug-likeness (QED) is 0.373. The lowest BCUT2D eigenvalue weighted by molar-refractivity contribution is -0.111. The molecular weight excluding hydrogens is 402 g/mol. The fourth-order valence-corrected chi connectivity index (χ4v) is 2.91. The van der Waals surface area contributed by atoms with Crippen LogP contribution in [-0.2, 0) is 11.3 Å². The van der Waals surface area contributed by atoms with Gasteiger partial charge in [-0.15, -0.1) is 0 Å². The van der Waals surface area contributed by atoms with Crippen LogP contribution in [0, 0.1) is 0 Å². The Bertz CT molecular complexity index is 952. The van der Waals surface area contributed by atoms with Gasteiger partial charge < -0.3 is 16.4 Å². The summed E-state index contributed by atoms with van der Waals surface area (Å²) < 4.78 is 1.04. The molecule has 0 radical (unpaired) electrons. The third-order valence-corrected chi connectivity index (χ3v) is 4.44. The Morgan fingerprint density at radius 2 is 1.78 bits per heavy atom. The maximum absolute atomic E-state index is 12.0. The van der Waals surface area contributed by atoms with E-state index in [0.29, 0.717) is 11.4 Å². The highest BCUT2D eigenvalue weighted by atomic mass is 79.9. The minimum Gasteiger partial charge on any atom is -0.397 e. The van der Waals surface area contributed by atoms with E-state index in [0.717, 1.165) is 27.8 Å². The first-order valence-corrected chi connectivity index (χ1v) is 9.31. The van der Waals surface area contributed by atoms with Crippen molar-refractivity contribution in [2.24, 2.45) is 0 Å². The molecule has 1 amide bonds. The van der Waals surface area contributed by atoms with Crippen LogP contribution < -0.4 is 16.4 Å². The largest absolute Gasteiger partial charge is 0.397 e. The fraction of sp³-hybridized carbons (Fsp3) is 0.0455. The van der Waals surface area contributed by atoms with Gasteiger partial charge in [0.15, 0.2) is 0 Å². The summed E-state index contributed by atoms with van der Waals surface area (Å²) in [6, 6.07) is 23.3. The Hall–Kier alpha value is -3.05. The van der Waals surface area contributed by atoms with Crippen LogP contribution in [0.2, 0.25) is 0 Å². The molecule has 4 N–H and O–H groups in total. The average molecular weight is 422 g/mol. The van der Waals surface area contributed by atoms with Crippen LogP contribution in [0.4, 0.5) is 17.1 Å². The normalized spacial score (nSPS) is 10.7. The van der Waals surface area contributed by atoms with Gasteiger partial charge in [0.1, 0.15) is 0 Å². The van der Waals surface area contributed by atoms with E-state index in [9.17, 15) is 4.79 Å². The maximum atomic E-state index is 12.0. The van der Waals surface area contributed by atoms with Crippen LogP contribution >= 0.6 is 15.9 Å². The van der Waals surface area contributed by atoms with Crippen molar-refractivity contribution in [1.82, 2.24) is 0 Å². The molecule has 5 heteroatoms. The van der Waals surface area contributed by atoms with Gasteiger partial charge in [-0.3, -0.25) is 4.79 Å². The smallest absolute Gasteiger partial charge is 0.248 e. The second-order valence-electron chi connectivity index (χ2n) is 6.02. The van der Waals surface area contributed by atoms with E-state index in [1.54, 1.807) is 18.2 Å². The molecule has 0 bridgehead atoms.